The summed E-state index contributed by atoms with van der Waals surface area (Å²) in [5.74, 6) is 0.229. The molecule has 0 unspecified atom stereocenters. The van der Waals surface area contributed by atoms with Crippen LogP contribution in [0.4, 0.5) is 11.4 Å². The predicted molar refractivity (Wildman–Crippen MR) is 132 cm³/mol. The lowest BCUT2D eigenvalue weighted by atomic mass is 10.1. The van der Waals surface area contributed by atoms with Crippen molar-refractivity contribution in [3.8, 4) is 5.75 Å². The lowest BCUT2D eigenvalue weighted by molar-refractivity contribution is 0.0974. The van der Waals surface area contributed by atoms with Crippen molar-refractivity contribution in [2.75, 3.05) is 23.9 Å². The molecule has 0 spiro atoms. The van der Waals surface area contributed by atoms with Crippen LogP contribution in [0.5, 0.6) is 5.75 Å². The minimum Gasteiger partial charge on any atom is -0.494 e. The number of nitrogens with zero attached hydrogens (tertiary/aromatic N) is 1. The first kappa shape index (κ1) is 23.0. The average Bonchev–Trinajstić information content (AvgIpc) is 2.82. The second-order valence-electron chi connectivity index (χ2n) is 7.06. The van der Waals surface area contributed by atoms with Crippen molar-refractivity contribution in [2.24, 2.45) is 0 Å². The van der Waals surface area contributed by atoms with Crippen LogP contribution in [-0.2, 0) is 0 Å². The molecular weight excluding hydrogens is 422 g/mol. The Morgan fingerprint density at radius 3 is 2.34 bits per heavy atom. The van der Waals surface area contributed by atoms with Crippen LogP contribution in [0.15, 0.2) is 78.9 Å². The Balaban J connectivity index is 1.60. The molecule has 0 heterocycles. The monoisotopic (exact) mass is 447 g/mol. The van der Waals surface area contributed by atoms with Gasteiger partial charge in [0.1, 0.15) is 5.75 Å². The third-order valence-corrected chi connectivity index (χ3v) is 4.84. The quantitative estimate of drug-likeness (QED) is 0.505. The van der Waals surface area contributed by atoms with Gasteiger partial charge in [-0.05, 0) is 73.2 Å². The Kier molecular flexibility index (Phi) is 7.94. The molecule has 0 saturated heterocycles. The second-order valence-corrected chi connectivity index (χ2v) is 7.47. The molecule has 0 aliphatic carbocycles. The molecule has 7 heteroatoms. The number of carbonyl (C=O) groups is 2. The lowest BCUT2D eigenvalue weighted by Gasteiger charge is -2.18. The molecule has 0 fully saturated rings. The highest BCUT2D eigenvalue weighted by molar-refractivity contribution is 7.80. The molecule has 164 valence electrons. The number of hydrogen-bond donors (Lipinski definition) is 2. The van der Waals surface area contributed by atoms with Gasteiger partial charge in [-0.25, -0.2) is 0 Å². The Morgan fingerprint density at radius 2 is 1.66 bits per heavy atom. The van der Waals surface area contributed by atoms with Gasteiger partial charge in [-0.15, -0.1) is 0 Å². The summed E-state index contributed by atoms with van der Waals surface area (Å²) in [6.45, 7) is 2.66. The van der Waals surface area contributed by atoms with Crippen molar-refractivity contribution >= 4 is 40.5 Å². The molecule has 3 aromatic carbocycles. The van der Waals surface area contributed by atoms with E-state index in [-0.39, 0.29) is 16.9 Å². The summed E-state index contributed by atoms with van der Waals surface area (Å²) in [5, 5.41) is 5.75. The van der Waals surface area contributed by atoms with Gasteiger partial charge in [0.25, 0.3) is 11.8 Å². The maximum absolute atomic E-state index is 12.8. The van der Waals surface area contributed by atoms with Crippen LogP contribution in [0.1, 0.15) is 34.1 Å². The fraction of sp³-hybridized carbons (Fsp3) is 0.160. The molecule has 3 aromatic rings. The van der Waals surface area contributed by atoms with Crippen LogP contribution in [0.25, 0.3) is 0 Å². The number of thiocarbonyl (C=S) groups is 1. The molecule has 0 atom stereocenters. The van der Waals surface area contributed by atoms with Crippen molar-refractivity contribution < 1.29 is 14.3 Å². The van der Waals surface area contributed by atoms with Crippen LogP contribution < -0.4 is 20.3 Å². The summed E-state index contributed by atoms with van der Waals surface area (Å²) in [4.78, 5) is 26.9. The first-order chi connectivity index (χ1) is 15.5. The third kappa shape index (κ3) is 6.15. The zero-order valence-corrected chi connectivity index (χ0v) is 18.8. The molecule has 2 N–H and O–H groups in total. The highest BCUT2D eigenvalue weighted by Gasteiger charge is 2.14. The van der Waals surface area contributed by atoms with E-state index in [0.29, 0.717) is 29.2 Å². The number of benzene rings is 3. The standard InChI is InChI=1S/C25H25N3O3S/c1-3-16-31-22-14-12-18(13-15-22)23(29)27-25(32)26-20-9-7-8-19(17-20)24(30)28(2)21-10-5-4-6-11-21/h4-15,17H,3,16H2,1-2H3,(H2,26,27,29,32). The van der Waals surface area contributed by atoms with Crippen LogP contribution in [0, 0.1) is 0 Å². The Hall–Kier alpha value is -3.71. The van der Waals surface area contributed by atoms with Gasteiger partial charge in [0.2, 0.25) is 0 Å². The number of rotatable bonds is 7. The summed E-state index contributed by atoms with van der Waals surface area (Å²) >= 11 is 5.27. The van der Waals surface area contributed by atoms with Crippen molar-refractivity contribution in [1.82, 2.24) is 5.32 Å². The maximum Gasteiger partial charge on any atom is 0.258 e. The van der Waals surface area contributed by atoms with Gasteiger partial charge in [-0.3, -0.25) is 14.9 Å². The third-order valence-electron chi connectivity index (χ3n) is 4.63. The van der Waals surface area contributed by atoms with Gasteiger partial charge in [0.05, 0.1) is 6.61 Å². The minimum atomic E-state index is -0.333. The van der Waals surface area contributed by atoms with Gasteiger partial charge in [-0.1, -0.05) is 31.2 Å². The molecule has 0 radical (unpaired) electrons. The average molecular weight is 448 g/mol. The van der Waals surface area contributed by atoms with E-state index < -0.39 is 0 Å². The summed E-state index contributed by atoms with van der Waals surface area (Å²) in [7, 11) is 1.72. The molecule has 0 aromatic heterocycles. The fourth-order valence-electron chi connectivity index (χ4n) is 2.95. The largest absolute Gasteiger partial charge is 0.494 e. The Bertz CT molecular complexity index is 1090. The molecule has 32 heavy (non-hydrogen) atoms. The topological polar surface area (TPSA) is 70.7 Å². The summed E-state index contributed by atoms with van der Waals surface area (Å²) < 4.78 is 5.52. The van der Waals surface area contributed by atoms with Crippen molar-refractivity contribution in [2.45, 2.75) is 13.3 Å². The predicted octanol–water partition coefficient (Wildman–Crippen LogP) is 4.88. The second kappa shape index (κ2) is 11.1. The highest BCUT2D eigenvalue weighted by atomic mass is 32.1. The minimum absolute atomic E-state index is 0.141. The molecule has 0 aliphatic heterocycles. The Morgan fingerprint density at radius 1 is 0.938 bits per heavy atom. The first-order valence-corrected chi connectivity index (χ1v) is 10.7. The number of hydrogen-bond acceptors (Lipinski definition) is 4. The fourth-order valence-corrected chi connectivity index (χ4v) is 3.16. The Labute approximate surface area is 193 Å². The van der Waals surface area contributed by atoms with Gasteiger partial charge < -0.3 is 15.0 Å². The van der Waals surface area contributed by atoms with Crippen LogP contribution in [0.3, 0.4) is 0 Å². The van der Waals surface area contributed by atoms with E-state index in [4.69, 9.17) is 17.0 Å². The molecule has 2 amide bonds. The van der Waals surface area contributed by atoms with Crippen LogP contribution >= 0.6 is 12.2 Å². The van der Waals surface area contributed by atoms with Crippen molar-refractivity contribution in [3.63, 3.8) is 0 Å². The van der Waals surface area contributed by atoms with E-state index in [2.05, 4.69) is 10.6 Å². The van der Waals surface area contributed by atoms with Gasteiger partial charge in [-0.2, -0.15) is 0 Å². The normalized spacial score (nSPS) is 10.2. The van der Waals surface area contributed by atoms with Crippen molar-refractivity contribution in [1.29, 1.82) is 0 Å². The molecule has 0 saturated carbocycles. The van der Waals surface area contributed by atoms with E-state index >= 15 is 0 Å². The van der Waals surface area contributed by atoms with E-state index in [1.165, 1.54) is 0 Å². The van der Waals surface area contributed by atoms with Gasteiger partial charge in [0, 0.05) is 29.5 Å². The number of anilines is 2. The summed E-state index contributed by atoms with van der Waals surface area (Å²) in [5.41, 5.74) is 2.36. The smallest absolute Gasteiger partial charge is 0.258 e. The first-order valence-electron chi connectivity index (χ1n) is 10.3. The number of nitrogens with one attached hydrogen (secondary N) is 2. The molecule has 0 aliphatic rings. The number of amides is 2. The number of para-hydroxylation sites is 1. The molecule has 3 rings (SSSR count). The van der Waals surface area contributed by atoms with E-state index in [1.807, 2.05) is 37.3 Å². The lowest BCUT2D eigenvalue weighted by Crippen LogP contribution is -2.34. The highest BCUT2D eigenvalue weighted by Crippen LogP contribution is 2.18. The summed E-state index contributed by atoms with van der Waals surface area (Å²) in [6, 6.07) is 23.2. The SMILES string of the molecule is CCCOc1ccc(C(=O)NC(=S)Nc2cccc(C(=O)N(C)c3ccccc3)c2)cc1. The molecular formula is C25H25N3O3S. The van der Waals surface area contributed by atoms with Crippen LogP contribution in [-0.4, -0.2) is 30.6 Å². The van der Waals surface area contributed by atoms with E-state index in [0.717, 1.165) is 12.1 Å². The number of ether oxygens (including phenoxy) is 1. The van der Waals surface area contributed by atoms with Crippen molar-refractivity contribution in [3.05, 3.63) is 90.0 Å². The summed E-state index contributed by atoms with van der Waals surface area (Å²) in [6.07, 6.45) is 0.914. The van der Waals surface area contributed by atoms with Gasteiger partial charge >= 0.3 is 0 Å². The number of carbonyl (C=O) groups excluding carboxylic acids is 2. The van der Waals surface area contributed by atoms with E-state index in [9.17, 15) is 9.59 Å². The molecule has 0 bridgehead atoms. The maximum atomic E-state index is 12.8. The zero-order chi connectivity index (χ0) is 22.9. The zero-order valence-electron chi connectivity index (χ0n) is 18.0. The van der Waals surface area contributed by atoms with E-state index in [1.54, 1.807) is 60.5 Å². The van der Waals surface area contributed by atoms with Crippen LogP contribution in [0.2, 0.25) is 0 Å². The van der Waals surface area contributed by atoms with Gasteiger partial charge in [0.15, 0.2) is 5.11 Å². The molecule has 6 nitrogen and oxygen atoms in total.